The lowest BCUT2D eigenvalue weighted by molar-refractivity contribution is 0.0986. The first-order valence-electron chi connectivity index (χ1n) is 8.37. The molecule has 0 unspecified atom stereocenters. The minimum atomic E-state index is 0.136. The van der Waals surface area contributed by atoms with Gasteiger partial charge in [0.1, 0.15) is 5.75 Å². The van der Waals surface area contributed by atoms with Gasteiger partial charge < -0.3 is 10.1 Å². The van der Waals surface area contributed by atoms with Crippen LogP contribution in [-0.4, -0.2) is 25.2 Å². The molecule has 2 aromatic carbocycles. The Morgan fingerprint density at radius 3 is 2.42 bits per heavy atom. The van der Waals surface area contributed by atoms with Crippen molar-refractivity contribution in [2.75, 3.05) is 24.7 Å². The first-order valence-corrected chi connectivity index (χ1v) is 9.35. The van der Waals surface area contributed by atoms with Gasteiger partial charge in [0, 0.05) is 29.1 Å². The van der Waals surface area contributed by atoms with Crippen molar-refractivity contribution in [3.8, 4) is 5.75 Å². The molecule has 0 amide bonds. The highest BCUT2D eigenvalue weighted by Gasteiger charge is 2.05. The Labute approximate surface area is 148 Å². The third-order valence-corrected chi connectivity index (χ3v) is 4.81. The average Bonchev–Trinajstić information content (AvgIpc) is 2.63. The van der Waals surface area contributed by atoms with Gasteiger partial charge in [-0.3, -0.25) is 4.79 Å². The molecule has 24 heavy (non-hydrogen) atoms. The zero-order valence-corrected chi connectivity index (χ0v) is 15.2. The van der Waals surface area contributed by atoms with E-state index >= 15 is 0 Å². The number of Topliss-reactive ketones (excluding diaryl/α,β-unsaturated/α-hetero) is 1. The summed E-state index contributed by atoms with van der Waals surface area (Å²) in [7, 11) is 1.62. The zero-order chi connectivity index (χ0) is 17.2. The van der Waals surface area contributed by atoms with Crippen LogP contribution in [0.25, 0.3) is 0 Å². The summed E-state index contributed by atoms with van der Waals surface area (Å²) in [5, 5.41) is 3.31. The molecular weight excluding hydrogens is 318 g/mol. The molecule has 0 heterocycles. The predicted molar refractivity (Wildman–Crippen MR) is 103 cm³/mol. The van der Waals surface area contributed by atoms with Crippen molar-refractivity contribution >= 4 is 23.2 Å². The van der Waals surface area contributed by atoms with Crippen LogP contribution in [0.2, 0.25) is 0 Å². The van der Waals surface area contributed by atoms with E-state index < -0.39 is 0 Å². The fourth-order valence-electron chi connectivity index (χ4n) is 2.24. The molecule has 0 saturated carbocycles. The van der Waals surface area contributed by atoms with Gasteiger partial charge in [-0.1, -0.05) is 13.3 Å². The Kier molecular flexibility index (Phi) is 7.69. The molecule has 1 N–H and O–H groups in total. The second-order valence-corrected chi connectivity index (χ2v) is 6.72. The minimum absolute atomic E-state index is 0.136. The summed E-state index contributed by atoms with van der Waals surface area (Å²) in [6.45, 7) is 2.84. The van der Waals surface area contributed by atoms with Gasteiger partial charge in [0.05, 0.1) is 7.11 Å². The Bertz CT molecular complexity index is 623. The zero-order valence-electron chi connectivity index (χ0n) is 14.4. The SMILES string of the molecule is CCCCSc1ccc(NCCC(=O)c2ccc(OC)cc2)cc1. The first kappa shape index (κ1) is 18.4. The molecule has 0 radical (unpaired) electrons. The van der Waals surface area contributed by atoms with Crippen LogP contribution in [0, 0.1) is 0 Å². The Balaban J connectivity index is 1.75. The number of anilines is 1. The van der Waals surface area contributed by atoms with E-state index in [1.165, 1.54) is 23.5 Å². The molecule has 0 aromatic heterocycles. The van der Waals surface area contributed by atoms with Crippen LogP contribution in [0.4, 0.5) is 5.69 Å². The maximum Gasteiger partial charge on any atom is 0.164 e. The van der Waals surface area contributed by atoms with Gasteiger partial charge >= 0.3 is 0 Å². The number of benzene rings is 2. The monoisotopic (exact) mass is 343 g/mol. The van der Waals surface area contributed by atoms with Crippen LogP contribution in [0.15, 0.2) is 53.4 Å². The molecule has 0 saturated heterocycles. The first-order chi connectivity index (χ1) is 11.7. The lowest BCUT2D eigenvalue weighted by Crippen LogP contribution is -2.08. The van der Waals surface area contributed by atoms with Gasteiger partial charge in [0.15, 0.2) is 5.78 Å². The summed E-state index contributed by atoms with van der Waals surface area (Å²) < 4.78 is 5.10. The number of carbonyl (C=O) groups is 1. The molecule has 0 fully saturated rings. The highest BCUT2D eigenvalue weighted by molar-refractivity contribution is 7.99. The standard InChI is InChI=1S/C20H25NO2S/c1-3-4-15-24-19-11-7-17(8-12-19)21-14-13-20(22)16-5-9-18(23-2)10-6-16/h5-12,21H,3-4,13-15H2,1-2H3. The summed E-state index contributed by atoms with van der Waals surface area (Å²) in [4.78, 5) is 13.4. The van der Waals surface area contributed by atoms with Crippen LogP contribution >= 0.6 is 11.8 Å². The van der Waals surface area contributed by atoms with Gasteiger partial charge in [-0.05, 0) is 60.7 Å². The molecule has 2 rings (SSSR count). The highest BCUT2D eigenvalue weighted by atomic mass is 32.2. The Hall–Kier alpha value is -1.94. The lowest BCUT2D eigenvalue weighted by atomic mass is 10.1. The average molecular weight is 343 g/mol. The van der Waals surface area contributed by atoms with E-state index in [1.54, 1.807) is 7.11 Å². The van der Waals surface area contributed by atoms with Crippen molar-refractivity contribution in [2.24, 2.45) is 0 Å². The molecule has 2 aromatic rings. The number of unbranched alkanes of at least 4 members (excludes halogenated alkanes) is 1. The van der Waals surface area contributed by atoms with Crippen LogP contribution in [-0.2, 0) is 0 Å². The summed E-state index contributed by atoms with van der Waals surface area (Å²) >= 11 is 1.89. The molecule has 3 nitrogen and oxygen atoms in total. The molecule has 0 aliphatic heterocycles. The Morgan fingerprint density at radius 2 is 1.79 bits per heavy atom. The largest absolute Gasteiger partial charge is 0.497 e. The summed E-state index contributed by atoms with van der Waals surface area (Å²) in [6.07, 6.45) is 2.95. The van der Waals surface area contributed by atoms with Crippen molar-refractivity contribution in [3.05, 3.63) is 54.1 Å². The highest BCUT2D eigenvalue weighted by Crippen LogP contribution is 2.21. The molecule has 4 heteroatoms. The molecular formula is C20H25NO2S. The maximum absolute atomic E-state index is 12.2. The molecule has 0 bridgehead atoms. The van der Waals surface area contributed by atoms with Crippen molar-refractivity contribution in [1.29, 1.82) is 0 Å². The van der Waals surface area contributed by atoms with Gasteiger partial charge in [0.2, 0.25) is 0 Å². The van der Waals surface area contributed by atoms with Crippen LogP contribution in [0.1, 0.15) is 36.5 Å². The lowest BCUT2D eigenvalue weighted by Gasteiger charge is -2.08. The predicted octanol–water partition coefficient (Wildman–Crippen LogP) is 5.27. The normalized spacial score (nSPS) is 10.4. The molecule has 128 valence electrons. The van der Waals surface area contributed by atoms with E-state index in [0.29, 0.717) is 13.0 Å². The van der Waals surface area contributed by atoms with Gasteiger partial charge in [0.25, 0.3) is 0 Å². The molecule has 0 spiro atoms. The van der Waals surface area contributed by atoms with E-state index in [1.807, 2.05) is 36.0 Å². The van der Waals surface area contributed by atoms with Crippen LogP contribution in [0.5, 0.6) is 5.75 Å². The molecule has 0 atom stereocenters. The van der Waals surface area contributed by atoms with E-state index in [9.17, 15) is 4.79 Å². The van der Waals surface area contributed by atoms with Crippen molar-refractivity contribution in [1.82, 2.24) is 0 Å². The number of ketones is 1. The number of carbonyl (C=O) groups excluding carboxylic acids is 1. The number of hydrogen-bond donors (Lipinski definition) is 1. The van der Waals surface area contributed by atoms with Crippen LogP contribution in [0.3, 0.4) is 0 Å². The fraction of sp³-hybridized carbons (Fsp3) is 0.350. The van der Waals surface area contributed by atoms with Gasteiger partial charge in [-0.25, -0.2) is 0 Å². The quantitative estimate of drug-likeness (QED) is 0.362. The van der Waals surface area contributed by atoms with E-state index in [4.69, 9.17) is 4.74 Å². The number of thioether (sulfide) groups is 1. The second-order valence-electron chi connectivity index (χ2n) is 5.55. The number of hydrogen-bond acceptors (Lipinski definition) is 4. The smallest absolute Gasteiger partial charge is 0.164 e. The number of nitrogens with one attached hydrogen (secondary N) is 1. The summed E-state index contributed by atoms with van der Waals surface area (Å²) in [5.74, 6) is 2.07. The van der Waals surface area contributed by atoms with Crippen LogP contribution < -0.4 is 10.1 Å². The third kappa shape index (κ3) is 5.93. The summed E-state index contributed by atoms with van der Waals surface area (Å²) in [6, 6.07) is 15.7. The Morgan fingerprint density at radius 1 is 1.08 bits per heavy atom. The minimum Gasteiger partial charge on any atom is -0.497 e. The topological polar surface area (TPSA) is 38.3 Å². The van der Waals surface area contributed by atoms with Crippen molar-refractivity contribution < 1.29 is 9.53 Å². The van der Waals surface area contributed by atoms with E-state index in [0.717, 1.165) is 17.0 Å². The fourth-order valence-corrected chi connectivity index (χ4v) is 3.24. The van der Waals surface area contributed by atoms with Crippen molar-refractivity contribution in [2.45, 2.75) is 31.1 Å². The van der Waals surface area contributed by atoms with Gasteiger partial charge in [-0.2, -0.15) is 0 Å². The summed E-state index contributed by atoms with van der Waals surface area (Å²) in [5.41, 5.74) is 1.78. The second kappa shape index (κ2) is 10.0. The third-order valence-electron chi connectivity index (χ3n) is 3.71. The molecule has 0 aliphatic carbocycles. The van der Waals surface area contributed by atoms with E-state index in [2.05, 4.69) is 36.5 Å². The molecule has 0 aliphatic rings. The number of ether oxygens (including phenoxy) is 1. The number of rotatable bonds is 10. The maximum atomic E-state index is 12.2. The van der Waals surface area contributed by atoms with E-state index in [-0.39, 0.29) is 5.78 Å². The number of methoxy groups -OCH3 is 1. The van der Waals surface area contributed by atoms with Crippen molar-refractivity contribution in [3.63, 3.8) is 0 Å². The van der Waals surface area contributed by atoms with Gasteiger partial charge in [-0.15, -0.1) is 11.8 Å².